The maximum atomic E-state index is 5.56. The molecule has 0 radical (unpaired) electrons. The van der Waals surface area contributed by atoms with Crippen molar-refractivity contribution >= 4 is 28.9 Å². The van der Waals surface area contributed by atoms with Gasteiger partial charge in [0.2, 0.25) is 0 Å². The second-order valence-electron chi connectivity index (χ2n) is 3.27. The Hall–Kier alpha value is -1.00. The number of anilines is 1. The normalized spacial score (nSPS) is 10.5. The van der Waals surface area contributed by atoms with Gasteiger partial charge in [-0.3, -0.25) is 0 Å². The largest absolute Gasteiger partial charge is 0.383 e. The number of nitrogens with zero attached hydrogens (tertiary/aromatic N) is 1. The first-order chi connectivity index (χ1) is 7.24. The van der Waals surface area contributed by atoms with Crippen LogP contribution in [0.5, 0.6) is 0 Å². The third-order valence-corrected chi connectivity index (χ3v) is 3.98. The number of nitrogen functional groups attached to an aromatic ring is 1. The van der Waals surface area contributed by atoms with Crippen LogP contribution in [0.1, 0.15) is 10.6 Å². The predicted octanol–water partition coefficient (Wildman–Crippen LogP) is 3.33. The molecule has 2 aromatic rings. The Bertz CT molecular complexity index is 451. The molecule has 0 atom stereocenters. The lowest BCUT2D eigenvalue weighted by Gasteiger charge is -1.99. The molecule has 0 aliphatic carbocycles. The molecule has 1 aromatic carbocycles. The second kappa shape index (κ2) is 4.68. The lowest BCUT2D eigenvalue weighted by atomic mass is 10.2. The minimum absolute atomic E-state index is 0.625. The van der Waals surface area contributed by atoms with E-state index in [9.17, 15) is 0 Å². The average Bonchev–Trinajstić information content (AvgIpc) is 2.62. The number of benzene rings is 1. The molecule has 2 rings (SSSR count). The third kappa shape index (κ3) is 2.97. The highest BCUT2D eigenvalue weighted by Gasteiger charge is 2.00. The van der Waals surface area contributed by atoms with Crippen molar-refractivity contribution in [2.45, 2.75) is 17.6 Å². The zero-order valence-electron chi connectivity index (χ0n) is 8.43. The van der Waals surface area contributed by atoms with Crippen LogP contribution < -0.4 is 5.73 Å². The lowest BCUT2D eigenvalue weighted by molar-refractivity contribution is 1.27. The van der Waals surface area contributed by atoms with E-state index < -0.39 is 0 Å². The Labute approximate surface area is 97.5 Å². The summed E-state index contributed by atoms with van der Waals surface area (Å²) in [5, 5.41) is 2.96. The highest BCUT2D eigenvalue weighted by atomic mass is 32.2. The van der Waals surface area contributed by atoms with Crippen molar-refractivity contribution in [3.8, 4) is 0 Å². The summed E-state index contributed by atoms with van der Waals surface area (Å²) in [4.78, 5) is 5.50. The van der Waals surface area contributed by atoms with Crippen LogP contribution in [-0.2, 0) is 5.75 Å². The van der Waals surface area contributed by atoms with Gasteiger partial charge in [0.05, 0.1) is 5.75 Å². The number of hydrogen-bond donors (Lipinski definition) is 1. The van der Waals surface area contributed by atoms with Gasteiger partial charge >= 0.3 is 0 Å². The monoisotopic (exact) mass is 236 g/mol. The van der Waals surface area contributed by atoms with Gasteiger partial charge in [0.1, 0.15) is 10.8 Å². The second-order valence-corrected chi connectivity index (χ2v) is 5.26. The number of aromatic nitrogens is 1. The molecule has 1 aromatic heterocycles. The molecule has 0 bridgehead atoms. The van der Waals surface area contributed by atoms with E-state index in [0.717, 1.165) is 10.8 Å². The number of thioether (sulfide) groups is 1. The fourth-order valence-electron chi connectivity index (χ4n) is 1.24. The van der Waals surface area contributed by atoms with E-state index in [-0.39, 0.29) is 0 Å². The van der Waals surface area contributed by atoms with Gasteiger partial charge in [-0.1, -0.05) is 17.7 Å². The van der Waals surface area contributed by atoms with Crippen molar-refractivity contribution in [3.63, 3.8) is 0 Å². The highest BCUT2D eigenvalue weighted by Crippen LogP contribution is 2.25. The molecule has 0 amide bonds. The Balaban J connectivity index is 1.99. The van der Waals surface area contributed by atoms with Crippen LogP contribution in [0.15, 0.2) is 34.5 Å². The Morgan fingerprint density at radius 3 is 3.00 bits per heavy atom. The summed E-state index contributed by atoms with van der Waals surface area (Å²) >= 11 is 3.41. The number of aryl methyl sites for hydroxylation is 1. The molecular formula is C11H12N2S2. The first-order valence-corrected chi connectivity index (χ1v) is 6.50. The topological polar surface area (TPSA) is 38.9 Å². The molecule has 0 saturated carbocycles. The van der Waals surface area contributed by atoms with Crippen LogP contribution in [0.3, 0.4) is 0 Å². The standard InChI is InChI=1S/C11H12N2S2/c1-8-3-2-4-9(5-8)14-7-11-13-10(12)6-15-11/h2-6H,7,12H2,1H3. The van der Waals surface area contributed by atoms with Crippen molar-refractivity contribution in [1.29, 1.82) is 0 Å². The van der Waals surface area contributed by atoms with E-state index in [1.165, 1.54) is 10.5 Å². The fraction of sp³-hybridized carbons (Fsp3) is 0.182. The Morgan fingerprint density at radius 2 is 2.33 bits per heavy atom. The molecule has 2 nitrogen and oxygen atoms in total. The molecular weight excluding hydrogens is 224 g/mol. The SMILES string of the molecule is Cc1cccc(SCc2nc(N)cs2)c1. The Morgan fingerprint density at radius 1 is 1.47 bits per heavy atom. The van der Waals surface area contributed by atoms with Crippen molar-refractivity contribution in [1.82, 2.24) is 4.98 Å². The summed E-state index contributed by atoms with van der Waals surface area (Å²) in [7, 11) is 0. The van der Waals surface area contributed by atoms with E-state index in [4.69, 9.17) is 5.73 Å². The third-order valence-electron chi connectivity index (χ3n) is 1.92. The first-order valence-electron chi connectivity index (χ1n) is 4.63. The van der Waals surface area contributed by atoms with E-state index in [2.05, 4.69) is 36.2 Å². The van der Waals surface area contributed by atoms with E-state index in [1.54, 1.807) is 23.1 Å². The molecule has 0 aliphatic rings. The van der Waals surface area contributed by atoms with E-state index in [0.29, 0.717) is 5.82 Å². The van der Waals surface area contributed by atoms with Gasteiger partial charge in [0.15, 0.2) is 0 Å². The summed E-state index contributed by atoms with van der Waals surface area (Å²) in [6.45, 7) is 2.10. The van der Waals surface area contributed by atoms with E-state index >= 15 is 0 Å². The first kappa shape index (κ1) is 10.5. The average molecular weight is 236 g/mol. The number of nitrogens with two attached hydrogens (primary N) is 1. The van der Waals surface area contributed by atoms with Gasteiger partial charge in [-0.2, -0.15) is 0 Å². The summed E-state index contributed by atoms with van der Waals surface area (Å²) in [5.74, 6) is 1.52. The zero-order chi connectivity index (χ0) is 10.7. The van der Waals surface area contributed by atoms with Crippen LogP contribution in [-0.4, -0.2) is 4.98 Å². The number of thiazole rings is 1. The van der Waals surface area contributed by atoms with Crippen molar-refractivity contribution < 1.29 is 0 Å². The van der Waals surface area contributed by atoms with Crippen LogP contribution in [0.25, 0.3) is 0 Å². The summed E-state index contributed by atoms with van der Waals surface area (Å²) in [5.41, 5.74) is 6.85. The molecule has 4 heteroatoms. The van der Waals surface area contributed by atoms with Crippen LogP contribution >= 0.6 is 23.1 Å². The molecule has 1 heterocycles. The van der Waals surface area contributed by atoms with Gasteiger partial charge in [0, 0.05) is 10.3 Å². The minimum Gasteiger partial charge on any atom is -0.383 e. The maximum absolute atomic E-state index is 5.56. The lowest BCUT2D eigenvalue weighted by Crippen LogP contribution is -1.85. The Kier molecular flexibility index (Phi) is 3.28. The minimum atomic E-state index is 0.625. The maximum Gasteiger partial charge on any atom is 0.134 e. The summed E-state index contributed by atoms with van der Waals surface area (Å²) in [6, 6.07) is 8.48. The molecule has 0 aliphatic heterocycles. The highest BCUT2D eigenvalue weighted by molar-refractivity contribution is 7.98. The van der Waals surface area contributed by atoms with Gasteiger partial charge < -0.3 is 5.73 Å². The van der Waals surface area contributed by atoms with E-state index in [1.807, 2.05) is 5.38 Å². The number of hydrogen-bond acceptors (Lipinski definition) is 4. The van der Waals surface area contributed by atoms with Crippen molar-refractivity contribution in [2.75, 3.05) is 5.73 Å². The van der Waals surface area contributed by atoms with Gasteiger partial charge in [-0.15, -0.1) is 23.1 Å². The smallest absolute Gasteiger partial charge is 0.134 e. The number of rotatable bonds is 3. The van der Waals surface area contributed by atoms with Crippen LogP contribution in [0, 0.1) is 6.92 Å². The molecule has 0 saturated heterocycles. The van der Waals surface area contributed by atoms with Gasteiger partial charge in [-0.05, 0) is 19.1 Å². The zero-order valence-corrected chi connectivity index (χ0v) is 10.1. The van der Waals surface area contributed by atoms with Gasteiger partial charge in [0.25, 0.3) is 0 Å². The molecule has 2 N–H and O–H groups in total. The quantitative estimate of drug-likeness (QED) is 0.831. The van der Waals surface area contributed by atoms with Crippen molar-refractivity contribution in [2.24, 2.45) is 0 Å². The molecule has 0 unspecified atom stereocenters. The van der Waals surface area contributed by atoms with Gasteiger partial charge in [-0.25, -0.2) is 4.98 Å². The molecule has 78 valence electrons. The molecule has 15 heavy (non-hydrogen) atoms. The van der Waals surface area contributed by atoms with Crippen LogP contribution in [0.4, 0.5) is 5.82 Å². The fourth-order valence-corrected chi connectivity index (χ4v) is 2.96. The predicted molar refractivity (Wildman–Crippen MR) is 67.3 cm³/mol. The summed E-state index contributed by atoms with van der Waals surface area (Å²) < 4.78 is 0. The summed E-state index contributed by atoms with van der Waals surface area (Å²) in [6.07, 6.45) is 0. The molecule has 0 fully saturated rings. The van der Waals surface area contributed by atoms with Crippen molar-refractivity contribution in [3.05, 3.63) is 40.2 Å². The van der Waals surface area contributed by atoms with Crippen LogP contribution in [0.2, 0.25) is 0 Å². The molecule has 0 spiro atoms.